The van der Waals surface area contributed by atoms with Crippen LogP contribution in [-0.4, -0.2) is 16.3 Å². The Labute approximate surface area is 109 Å². The van der Waals surface area contributed by atoms with Gasteiger partial charge in [-0.05, 0) is 38.5 Å². The van der Waals surface area contributed by atoms with Gasteiger partial charge >= 0.3 is 0 Å². The van der Waals surface area contributed by atoms with Crippen LogP contribution in [0.1, 0.15) is 64.2 Å². The van der Waals surface area contributed by atoms with Crippen molar-refractivity contribution in [3.05, 3.63) is 0 Å². The van der Waals surface area contributed by atoms with Crippen molar-refractivity contribution >= 4 is 17.5 Å². The van der Waals surface area contributed by atoms with Crippen molar-refractivity contribution in [2.24, 2.45) is 11.8 Å². The topological polar surface area (TPSA) is 17.1 Å². The number of Topliss-reactive ketones (excluding diaryl/α,β-unsaturated/α-hetero) is 1. The quantitative estimate of drug-likeness (QED) is 0.732. The fraction of sp³-hybridized carbons (Fsp3) is 0.933. The van der Waals surface area contributed by atoms with Crippen LogP contribution in [0.2, 0.25) is 0 Å². The van der Waals surface area contributed by atoms with E-state index in [9.17, 15) is 4.79 Å². The lowest BCUT2D eigenvalue weighted by Gasteiger charge is -2.39. The molecule has 1 saturated carbocycles. The number of thioether (sulfide) groups is 1. The highest BCUT2D eigenvalue weighted by atomic mass is 32.2. The number of hydrogen-bond acceptors (Lipinski definition) is 2. The van der Waals surface area contributed by atoms with Crippen molar-refractivity contribution in [2.45, 2.75) is 74.7 Å². The lowest BCUT2D eigenvalue weighted by atomic mass is 9.77. The van der Waals surface area contributed by atoms with E-state index in [1.165, 1.54) is 64.2 Å². The maximum Gasteiger partial charge on any atom is 0.139 e. The molecule has 2 bridgehead atoms. The summed E-state index contributed by atoms with van der Waals surface area (Å²) in [5, 5.41) is 1.64. The first-order chi connectivity index (χ1) is 8.33. The molecule has 1 aliphatic carbocycles. The Bertz CT molecular complexity index is 271. The number of ketones is 1. The fourth-order valence-electron chi connectivity index (χ4n) is 4.01. The van der Waals surface area contributed by atoms with E-state index in [2.05, 4.69) is 11.8 Å². The molecule has 2 heteroatoms. The Balaban J connectivity index is 1.61. The van der Waals surface area contributed by atoms with Crippen LogP contribution in [-0.2, 0) is 4.79 Å². The molecule has 3 aliphatic rings. The van der Waals surface area contributed by atoms with Gasteiger partial charge in [-0.15, -0.1) is 0 Å². The summed E-state index contributed by atoms with van der Waals surface area (Å²) in [4.78, 5) is 12.6. The van der Waals surface area contributed by atoms with Crippen molar-refractivity contribution in [1.82, 2.24) is 0 Å². The standard InChI is InChI=1S/C15H24OS/c16-15(11-5-2-1-3-6-11)12-9-13-7-4-8-14(10-12)17-13/h11-14H,1-10H2. The predicted molar refractivity (Wildman–Crippen MR) is 73.3 cm³/mol. The first-order valence-electron chi connectivity index (χ1n) is 7.52. The highest BCUT2D eigenvalue weighted by Crippen LogP contribution is 2.45. The minimum atomic E-state index is 0.439. The smallest absolute Gasteiger partial charge is 0.139 e. The summed E-state index contributed by atoms with van der Waals surface area (Å²) in [7, 11) is 0. The first kappa shape index (κ1) is 12.1. The van der Waals surface area contributed by atoms with Crippen LogP contribution in [0.4, 0.5) is 0 Å². The first-order valence-corrected chi connectivity index (χ1v) is 8.46. The van der Waals surface area contributed by atoms with E-state index in [0.717, 1.165) is 10.5 Å². The maximum atomic E-state index is 12.6. The van der Waals surface area contributed by atoms with Crippen molar-refractivity contribution in [2.75, 3.05) is 0 Å². The van der Waals surface area contributed by atoms with Crippen LogP contribution in [0.15, 0.2) is 0 Å². The van der Waals surface area contributed by atoms with E-state index in [4.69, 9.17) is 0 Å². The molecule has 0 spiro atoms. The van der Waals surface area contributed by atoms with E-state index in [1.807, 2.05) is 0 Å². The summed E-state index contributed by atoms with van der Waals surface area (Å²) in [6.45, 7) is 0. The minimum Gasteiger partial charge on any atom is -0.299 e. The molecule has 3 fully saturated rings. The molecule has 2 aliphatic heterocycles. The number of carbonyl (C=O) groups excluding carboxylic acids is 1. The zero-order chi connectivity index (χ0) is 11.7. The average molecular weight is 252 g/mol. The second kappa shape index (κ2) is 5.34. The van der Waals surface area contributed by atoms with Gasteiger partial charge in [-0.1, -0.05) is 25.7 Å². The average Bonchev–Trinajstić information content (AvgIpc) is 2.38. The Morgan fingerprint density at radius 1 is 0.765 bits per heavy atom. The van der Waals surface area contributed by atoms with Gasteiger partial charge in [0, 0.05) is 22.3 Å². The van der Waals surface area contributed by atoms with Gasteiger partial charge in [0.2, 0.25) is 0 Å². The Kier molecular flexibility index (Phi) is 3.79. The van der Waals surface area contributed by atoms with Crippen molar-refractivity contribution in [1.29, 1.82) is 0 Å². The molecule has 0 radical (unpaired) electrons. The van der Waals surface area contributed by atoms with Gasteiger partial charge in [0.25, 0.3) is 0 Å². The second-order valence-corrected chi connectivity index (χ2v) is 7.82. The van der Waals surface area contributed by atoms with Gasteiger partial charge in [0.15, 0.2) is 0 Å². The molecule has 2 unspecified atom stereocenters. The van der Waals surface area contributed by atoms with Crippen LogP contribution in [0, 0.1) is 11.8 Å². The summed E-state index contributed by atoms with van der Waals surface area (Å²) >= 11 is 2.19. The molecule has 0 aromatic carbocycles. The van der Waals surface area contributed by atoms with Gasteiger partial charge in [0.05, 0.1) is 0 Å². The van der Waals surface area contributed by atoms with Crippen molar-refractivity contribution < 1.29 is 4.79 Å². The number of fused-ring (bicyclic) bond motifs is 2. The SMILES string of the molecule is O=C(C1CCCCC1)C1CC2CCCC(C1)S2. The predicted octanol–water partition coefficient (Wildman–Crippen LogP) is 4.20. The third-order valence-electron chi connectivity index (χ3n) is 4.94. The molecule has 2 atom stereocenters. The lowest BCUT2D eigenvalue weighted by Crippen LogP contribution is -2.36. The molecule has 2 heterocycles. The minimum absolute atomic E-state index is 0.439. The molecule has 0 N–H and O–H groups in total. The van der Waals surface area contributed by atoms with Crippen LogP contribution in [0.3, 0.4) is 0 Å². The maximum absolute atomic E-state index is 12.6. The summed E-state index contributed by atoms with van der Waals surface area (Å²) in [6.07, 6.45) is 12.9. The van der Waals surface area contributed by atoms with Gasteiger partial charge < -0.3 is 0 Å². The van der Waals surface area contributed by atoms with E-state index < -0.39 is 0 Å². The number of rotatable bonds is 2. The molecular formula is C15H24OS. The van der Waals surface area contributed by atoms with Crippen molar-refractivity contribution in [3.63, 3.8) is 0 Å². The van der Waals surface area contributed by atoms with Crippen LogP contribution < -0.4 is 0 Å². The second-order valence-electron chi connectivity index (χ2n) is 6.22. The van der Waals surface area contributed by atoms with E-state index in [-0.39, 0.29) is 0 Å². The van der Waals surface area contributed by atoms with Crippen LogP contribution in [0.5, 0.6) is 0 Å². The Hall–Kier alpha value is 0.0200. The molecule has 3 rings (SSSR count). The highest BCUT2D eigenvalue weighted by molar-refractivity contribution is 8.00. The third-order valence-corrected chi connectivity index (χ3v) is 6.57. The molecular weight excluding hydrogens is 228 g/mol. The highest BCUT2D eigenvalue weighted by Gasteiger charge is 2.37. The zero-order valence-corrected chi connectivity index (χ0v) is 11.5. The van der Waals surface area contributed by atoms with Crippen LogP contribution in [0.25, 0.3) is 0 Å². The Morgan fingerprint density at radius 2 is 1.41 bits per heavy atom. The van der Waals surface area contributed by atoms with Gasteiger partial charge in [-0.2, -0.15) is 11.8 Å². The van der Waals surface area contributed by atoms with Gasteiger partial charge in [0.1, 0.15) is 5.78 Å². The summed E-state index contributed by atoms with van der Waals surface area (Å²) < 4.78 is 0. The van der Waals surface area contributed by atoms with E-state index >= 15 is 0 Å². The monoisotopic (exact) mass is 252 g/mol. The summed E-state index contributed by atoms with van der Waals surface area (Å²) in [6, 6.07) is 0. The lowest BCUT2D eigenvalue weighted by molar-refractivity contribution is -0.128. The molecule has 1 nitrogen and oxygen atoms in total. The normalized spacial score (nSPS) is 38.9. The molecule has 17 heavy (non-hydrogen) atoms. The Morgan fingerprint density at radius 3 is 2.06 bits per heavy atom. The molecule has 96 valence electrons. The molecule has 2 saturated heterocycles. The largest absolute Gasteiger partial charge is 0.299 e. The van der Waals surface area contributed by atoms with E-state index in [1.54, 1.807) is 0 Å². The molecule has 0 amide bonds. The molecule has 0 aromatic rings. The third kappa shape index (κ3) is 2.72. The fourth-order valence-corrected chi connectivity index (χ4v) is 5.85. The molecule has 0 aromatic heterocycles. The number of hydrogen-bond donors (Lipinski definition) is 0. The van der Waals surface area contributed by atoms with Gasteiger partial charge in [-0.25, -0.2) is 0 Å². The van der Waals surface area contributed by atoms with Crippen molar-refractivity contribution in [3.8, 4) is 0 Å². The summed E-state index contributed by atoms with van der Waals surface area (Å²) in [5.41, 5.74) is 0. The number of carbonyl (C=O) groups is 1. The van der Waals surface area contributed by atoms with Crippen LogP contribution >= 0.6 is 11.8 Å². The zero-order valence-electron chi connectivity index (χ0n) is 10.7. The summed E-state index contributed by atoms with van der Waals surface area (Å²) in [5.74, 6) is 1.54. The van der Waals surface area contributed by atoms with E-state index in [0.29, 0.717) is 17.6 Å². The van der Waals surface area contributed by atoms with Gasteiger partial charge in [-0.3, -0.25) is 4.79 Å².